The van der Waals surface area contributed by atoms with Crippen LogP contribution in [-0.2, 0) is 9.31 Å². The number of rotatable bonds is 3. The molecule has 2 heterocycles. The van der Waals surface area contributed by atoms with Gasteiger partial charge in [0.05, 0.1) is 16.7 Å². The molecule has 0 radical (unpaired) electrons. The summed E-state index contributed by atoms with van der Waals surface area (Å²) in [4.78, 5) is 4.16. The lowest BCUT2D eigenvalue weighted by atomic mass is 9.77. The lowest BCUT2D eigenvalue weighted by molar-refractivity contribution is 0.00578. The molecule has 2 N–H and O–H groups in total. The molecule has 1 saturated heterocycles. The molecule has 0 spiro atoms. The average Bonchev–Trinajstić information content (AvgIpc) is 2.73. The van der Waals surface area contributed by atoms with Crippen molar-refractivity contribution in [3.8, 4) is 0 Å². The first-order valence-electron chi connectivity index (χ1n) is 8.04. The van der Waals surface area contributed by atoms with Gasteiger partial charge >= 0.3 is 7.12 Å². The Kier molecular flexibility index (Phi) is 4.24. The first-order valence-corrected chi connectivity index (χ1v) is 8.04. The van der Waals surface area contributed by atoms with E-state index in [-0.39, 0.29) is 12.4 Å². The van der Waals surface area contributed by atoms with Gasteiger partial charge < -0.3 is 15.0 Å². The van der Waals surface area contributed by atoms with E-state index < -0.39 is 18.3 Å². The Hall–Kier alpha value is -1.76. The molecule has 6 heteroatoms. The molecule has 0 amide bonds. The molecular weight excluding hydrogens is 306 g/mol. The van der Waals surface area contributed by atoms with Gasteiger partial charge in [-0.25, -0.2) is 4.39 Å². The van der Waals surface area contributed by atoms with Crippen LogP contribution in [0.2, 0.25) is 0 Å². The van der Waals surface area contributed by atoms with Gasteiger partial charge in [-0.15, -0.1) is 0 Å². The molecule has 126 valence electrons. The summed E-state index contributed by atoms with van der Waals surface area (Å²) in [6.07, 6.45) is 3.36. The number of hydrogen-bond acceptors (Lipinski definition) is 4. The third kappa shape index (κ3) is 2.97. The number of fused-ring (bicyclic) bond motifs is 1. The molecule has 4 nitrogen and oxygen atoms in total. The standard InChI is InChI=1S/C18H22BFN2O2/c1-17(2)18(3,4)24-19(23-17)14(11-21)9-13-8-12-6-5-7-22-16(12)10-15(13)20/h5-10H,11,21H2,1-4H3. The second-order valence-electron chi connectivity index (χ2n) is 7.08. The van der Waals surface area contributed by atoms with Gasteiger partial charge in [0.15, 0.2) is 0 Å². The van der Waals surface area contributed by atoms with Crippen molar-refractivity contribution in [2.24, 2.45) is 5.73 Å². The highest BCUT2D eigenvalue weighted by atomic mass is 19.1. The minimum absolute atomic E-state index is 0.224. The van der Waals surface area contributed by atoms with Crippen LogP contribution < -0.4 is 5.73 Å². The van der Waals surface area contributed by atoms with Gasteiger partial charge in [-0.05, 0) is 45.3 Å². The summed E-state index contributed by atoms with van der Waals surface area (Å²) in [5.74, 6) is -0.344. The van der Waals surface area contributed by atoms with E-state index in [1.165, 1.54) is 6.07 Å². The average molecular weight is 328 g/mol. The quantitative estimate of drug-likeness (QED) is 0.878. The van der Waals surface area contributed by atoms with Gasteiger partial charge in [0.2, 0.25) is 0 Å². The number of benzene rings is 1. The summed E-state index contributed by atoms with van der Waals surface area (Å²) in [5.41, 5.74) is 6.73. The molecule has 2 aromatic rings. The number of halogens is 1. The molecule has 24 heavy (non-hydrogen) atoms. The zero-order valence-electron chi connectivity index (χ0n) is 14.5. The highest BCUT2D eigenvalue weighted by Gasteiger charge is 2.52. The lowest BCUT2D eigenvalue weighted by Gasteiger charge is -2.32. The molecule has 1 fully saturated rings. The molecule has 1 aromatic heterocycles. The number of nitrogens with two attached hydrogens (primary N) is 1. The maximum atomic E-state index is 14.4. The van der Waals surface area contributed by atoms with Crippen molar-refractivity contribution in [2.45, 2.75) is 38.9 Å². The normalized spacial score (nSPS) is 19.9. The summed E-state index contributed by atoms with van der Waals surface area (Å²) < 4.78 is 26.4. The largest absolute Gasteiger partial charge is 0.491 e. The Morgan fingerprint density at radius 3 is 2.54 bits per heavy atom. The lowest BCUT2D eigenvalue weighted by Crippen LogP contribution is -2.41. The van der Waals surface area contributed by atoms with Gasteiger partial charge in [-0.1, -0.05) is 12.1 Å². The van der Waals surface area contributed by atoms with Crippen LogP contribution in [0.15, 0.2) is 35.9 Å². The van der Waals surface area contributed by atoms with Crippen molar-refractivity contribution in [3.05, 3.63) is 47.3 Å². The summed E-state index contributed by atoms with van der Waals surface area (Å²) >= 11 is 0. The maximum Gasteiger partial charge on any atom is 0.491 e. The summed E-state index contributed by atoms with van der Waals surface area (Å²) in [6, 6.07) is 6.92. The molecule has 3 rings (SSSR count). The van der Waals surface area contributed by atoms with E-state index in [1.54, 1.807) is 18.3 Å². The van der Waals surface area contributed by atoms with Crippen molar-refractivity contribution in [3.63, 3.8) is 0 Å². The molecular formula is C18H22BFN2O2. The Morgan fingerprint density at radius 1 is 1.25 bits per heavy atom. The van der Waals surface area contributed by atoms with Crippen LogP contribution in [0, 0.1) is 5.82 Å². The molecule has 1 aliphatic heterocycles. The number of aromatic nitrogens is 1. The van der Waals surface area contributed by atoms with Gasteiger partial charge in [-0.2, -0.15) is 0 Å². The fourth-order valence-corrected chi connectivity index (χ4v) is 2.64. The molecule has 0 unspecified atom stereocenters. The van der Waals surface area contributed by atoms with Crippen molar-refractivity contribution in [2.75, 3.05) is 6.54 Å². The van der Waals surface area contributed by atoms with Crippen LogP contribution in [0.25, 0.3) is 17.0 Å². The summed E-state index contributed by atoms with van der Waals surface area (Å²) in [5, 5.41) is 0.871. The fraction of sp³-hybridized carbons (Fsp3) is 0.389. The van der Waals surface area contributed by atoms with Crippen LogP contribution >= 0.6 is 0 Å². The molecule has 0 bridgehead atoms. The Labute approximate surface area is 142 Å². The van der Waals surface area contributed by atoms with Crippen LogP contribution in [0.1, 0.15) is 33.3 Å². The highest BCUT2D eigenvalue weighted by molar-refractivity contribution is 6.55. The molecule has 1 aromatic carbocycles. The topological polar surface area (TPSA) is 57.4 Å². The first kappa shape index (κ1) is 17.1. The van der Waals surface area contributed by atoms with E-state index in [4.69, 9.17) is 15.0 Å². The Bertz CT molecular complexity index is 789. The predicted octanol–water partition coefficient (Wildman–Crippen LogP) is 3.35. The predicted molar refractivity (Wildman–Crippen MR) is 94.8 cm³/mol. The minimum Gasteiger partial charge on any atom is -0.400 e. The summed E-state index contributed by atoms with van der Waals surface area (Å²) in [7, 11) is -0.580. The second kappa shape index (κ2) is 5.95. The Morgan fingerprint density at radius 2 is 1.92 bits per heavy atom. The van der Waals surface area contributed by atoms with Gasteiger partial charge in [0.25, 0.3) is 0 Å². The van der Waals surface area contributed by atoms with Crippen molar-refractivity contribution < 1.29 is 13.7 Å². The SMILES string of the molecule is CC1(C)OB(C(=Cc2cc3cccnc3cc2F)CN)OC1(C)C. The van der Waals surface area contributed by atoms with E-state index in [2.05, 4.69) is 4.98 Å². The number of nitrogens with zero attached hydrogens (tertiary/aromatic N) is 1. The fourth-order valence-electron chi connectivity index (χ4n) is 2.64. The number of hydrogen-bond donors (Lipinski definition) is 1. The zero-order chi connectivity index (χ0) is 17.5. The molecule has 0 atom stereocenters. The van der Waals surface area contributed by atoms with Gasteiger partial charge in [-0.3, -0.25) is 4.98 Å². The maximum absolute atomic E-state index is 14.4. The minimum atomic E-state index is -0.580. The van der Waals surface area contributed by atoms with Gasteiger partial charge in [0, 0.05) is 29.8 Å². The molecule has 0 aliphatic carbocycles. The van der Waals surface area contributed by atoms with E-state index in [9.17, 15) is 4.39 Å². The number of pyridine rings is 1. The smallest absolute Gasteiger partial charge is 0.400 e. The zero-order valence-corrected chi connectivity index (χ0v) is 14.5. The summed E-state index contributed by atoms with van der Waals surface area (Å²) in [6.45, 7) is 8.13. The highest BCUT2D eigenvalue weighted by Crippen LogP contribution is 2.38. The first-order chi connectivity index (χ1) is 11.2. The van der Waals surface area contributed by atoms with Crippen molar-refractivity contribution in [1.82, 2.24) is 4.98 Å². The van der Waals surface area contributed by atoms with E-state index in [0.717, 1.165) is 5.39 Å². The van der Waals surface area contributed by atoms with E-state index in [1.807, 2.05) is 39.8 Å². The van der Waals surface area contributed by atoms with Crippen LogP contribution in [0.3, 0.4) is 0 Å². The second-order valence-corrected chi connectivity index (χ2v) is 7.08. The third-order valence-corrected chi connectivity index (χ3v) is 4.85. The van der Waals surface area contributed by atoms with Crippen LogP contribution in [-0.4, -0.2) is 29.8 Å². The monoisotopic (exact) mass is 328 g/mol. The molecule has 0 saturated carbocycles. The van der Waals surface area contributed by atoms with Crippen LogP contribution in [0.5, 0.6) is 0 Å². The van der Waals surface area contributed by atoms with Crippen molar-refractivity contribution >= 4 is 24.1 Å². The van der Waals surface area contributed by atoms with E-state index >= 15 is 0 Å². The van der Waals surface area contributed by atoms with Gasteiger partial charge in [0.1, 0.15) is 5.82 Å². The Balaban J connectivity index is 1.98. The molecule has 1 aliphatic rings. The third-order valence-electron chi connectivity index (χ3n) is 4.85. The van der Waals surface area contributed by atoms with Crippen molar-refractivity contribution in [1.29, 1.82) is 0 Å². The van der Waals surface area contributed by atoms with Crippen LogP contribution in [0.4, 0.5) is 4.39 Å². The van der Waals surface area contributed by atoms with E-state index in [0.29, 0.717) is 16.6 Å².